The minimum absolute atomic E-state index is 0.0663. The van der Waals surface area contributed by atoms with Crippen LogP contribution in [0.3, 0.4) is 0 Å². The first-order chi connectivity index (χ1) is 11.0. The predicted molar refractivity (Wildman–Crippen MR) is 78.8 cm³/mol. The van der Waals surface area contributed by atoms with Crippen molar-refractivity contribution >= 4 is 15.7 Å². The molecule has 0 N–H and O–H groups in total. The van der Waals surface area contributed by atoms with Crippen LogP contribution in [0.15, 0.2) is 29.1 Å². The molecular formula is C13H17N5O4S. The van der Waals surface area contributed by atoms with E-state index < -0.39 is 15.1 Å². The van der Waals surface area contributed by atoms with Crippen LogP contribution in [0.4, 0.5) is 0 Å². The van der Waals surface area contributed by atoms with Crippen molar-refractivity contribution in [2.45, 2.75) is 30.4 Å². The van der Waals surface area contributed by atoms with Crippen molar-refractivity contribution in [2.24, 2.45) is 0 Å². The molecule has 1 aliphatic heterocycles. The number of carbonyl (C=O) groups excluding carboxylic acids is 1. The maximum atomic E-state index is 12.4. The fourth-order valence-corrected chi connectivity index (χ4v) is 4.39. The summed E-state index contributed by atoms with van der Waals surface area (Å²) >= 11 is 0. The van der Waals surface area contributed by atoms with E-state index in [1.165, 1.54) is 17.3 Å². The molecule has 0 radical (unpaired) electrons. The summed E-state index contributed by atoms with van der Waals surface area (Å²) in [6, 6.07) is 3.33. The summed E-state index contributed by atoms with van der Waals surface area (Å²) in [5.41, 5.74) is 0. The van der Waals surface area contributed by atoms with Crippen molar-refractivity contribution in [1.29, 1.82) is 0 Å². The van der Waals surface area contributed by atoms with Gasteiger partial charge < -0.3 is 9.32 Å². The number of piperidine rings is 1. The molecule has 0 saturated carbocycles. The second-order valence-corrected chi connectivity index (χ2v) is 7.76. The van der Waals surface area contributed by atoms with Crippen LogP contribution in [0.5, 0.6) is 0 Å². The molecule has 9 nitrogen and oxygen atoms in total. The lowest BCUT2D eigenvalue weighted by Crippen LogP contribution is -2.44. The topological polar surface area (TPSA) is 111 Å². The Labute approximate surface area is 133 Å². The Bertz CT molecular complexity index is 733. The van der Waals surface area contributed by atoms with Crippen LogP contribution in [0.25, 0.3) is 0 Å². The van der Waals surface area contributed by atoms with Gasteiger partial charge in [0.05, 0.1) is 11.5 Å². The molecule has 3 heterocycles. The van der Waals surface area contributed by atoms with Gasteiger partial charge in [0.15, 0.2) is 9.84 Å². The second-order valence-electron chi connectivity index (χ2n) is 5.47. The van der Waals surface area contributed by atoms with Crippen molar-refractivity contribution in [2.75, 3.05) is 13.1 Å². The van der Waals surface area contributed by atoms with E-state index in [4.69, 9.17) is 4.42 Å². The van der Waals surface area contributed by atoms with Crippen molar-refractivity contribution in [3.63, 3.8) is 0 Å². The molecule has 2 aromatic heterocycles. The van der Waals surface area contributed by atoms with Gasteiger partial charge in [0.1, 0.15) is 24.4 Å². The molecule has 1 fully saturated rings. The van der Waals surface area contributed by atoms with Crippen molar-refractivity contribution < 1.29 is 17.6 Å². The van der Waals surface area contributed by atoms with E-state index in [9.17, 15) is 13.2 Å². The first-order valence-electron chi connectivity index (χ1n) is 7.27. The van der Waals surface area contributed by atoms with Crippen LogP contribution in [0, 0.1) is 0 Å². The molecule has 0 aliphatic carbocycles. The molecule has 10 heteroatoms. The molecule has 0 bridgehead atoms. The average Bonchev–Trinajstić information content (AvgIpc) is 3.21. The predicted octanol–water partition coefficient (Wildman–Crippen LogP) is -0.128. The molecule has 0 unspecified atom stereocenters. The highest BCUT2D eigenvalue weighted by Crippen LogP contribution is 2.22. The monoisotopic (exact) mass is 339 g/mol. The van der Waals surface area contributed by atoms with E-state index in [0.717, 1.165) is 0 Å². The summed E-state index contributed by atoms with van der Waals surface area (Å²) in [6.45, 7) is 0.906. The average molecular weight is 339 g/mol. The van der Waals surface area contributed by atoms with Crippen LogP contribution >= 0.6 is 0 Å². The third-order valence-corrected chi connectivity index (χ3v) is 6.09. The number of likely N-dealkylation sites (tertiary alicyclic amines) is 1. The van der Waals surface area contributed by atoms with Crippen molar-refractivity contribution in [1.82, 2.24) is 25.1 Å². The van der Waals surface area contributed by atoms with Gasteiger partial charge in [-0.2, -0.15) is 0 Å². The maximum Gasteiger partial charge on any atom is 0.244 e. The SMILES string of the molecule is O=C(Cn1cnnn1)N1CCC(S(=O)(=O)Cc2ccco2)CC1. The number of tetrazole rings is 1. The number of hydrogen-bond acceptors (Lipinski definition) is 7. The summed E-state index contributed by atoms with van der Waals surface area (Å²) in [5.74, 6) is 0.241. The van der Waals surface area contributed by atoms with E-state index in [0.29, 0.717) is 31.7 Å². The number of aromatic nitrogens is 4. The highest BCUT2D eigenvalue weighted by atomic mass is 32.2. The minimum Gasteiger partial charge on any atom is -0.468 e. The van der Waals surface area contributed by atoms with Gasteiger partial charge in [0.2, 0.25) is 5.91 Å². The summed E-state index contributed by atoms with van der Waals surface area (Å²) in [6.07, 6.45) is 3.71. The van der Waals surface area contributed by atoms with Gasteiger partial charge in [0, 0.05) is 13.1 Å². The zero-order valence-corrected chi connectivity index (χ0v) is 13.2. The third kappa shape index (κ3) is 3.76. The second kappa shape index (κ2) is 6.49. The number of rotatable bonds is 5. The van der Waals surface area contributed by atoms with Crippen LogP contribution in [-0.2, 0) is 26.9 Å². The van der Waals surface area contributed by atoms with Crippen molar-refractivity contribution in [3.8, 4) is 0 Å². The van der Waals surface area contributed by atoms with Crippen LogP contribution in [0.2, 0.25) is 0 Å². The largest absolute Gasteiger partial charge is 0.468 e. The Morgan fingerprint density at radius 2 is 2.13 bits per heavy atom. The van der Waals surface area contributed by atoms with E-state index in [-0.39, 0.29) is 18.2 Å². The zero-order chi connectivity index (χ0) is 16.3. The molecule has 23 heavy (non-hydrogen) atoms. The molecular weight excluding hydrogens is 322 g/mol. The Hall–Kier alpha value is -2.23. The van der Waals surface area contributed by atoms with Gasteiger partial charge in [-0.15, -0.1) is 5.10 Å². The molecule has 1 aliphatic rings. The van der Waals surface area contributed by atoms with Crippen molar-refractivity contribution in [3.05, 3.63) is 30.5 Å². The summed E-state index contributed by atoms with van der Waals surface area (Å²) < 4.78 is 31.2. The smallest absolute Gasteiger partial charge is 0.244 e. The third-order valence-electron chi connectivity index (χ3n) is 3.91. The molecule has 124 valence electrons. The minimum atomic E-state index is -3.27. The van der Waals surface area contributed by atoms with Crippen LogP contribution in [0.1, 0.15) is 18.6 Å². The van der Waals surface area contributed by atoms with E-state index in [2.05, 4.69) is 15.5 Å². The maximum absolute atomic E-state index is 12.4. The molecule has 0 aromatic carbocycles. The van der Waals surface area contributed by atoms with Gasteiger partial charge >= 0.3 is 0 Å². The highest BCUT2D eigenvalue weighted by molar-refractivity contribution is 7.91. The van der Waals surface area contributed by atoms with Crippen LogP contribution < -0.4 is 0 Å². The summed E-state index contributed by atoms with van der Waals surface area (Å²) in [5, 5.41) is 10.2. The Morgan fingerprint density at radius 1 is 1.35 bits per heavy atom. The standard InChI is InChI=1S/C13H17N5O4S/c19-13(8-18-10-14-15-16-18)17-5-3-12(4-6-17)23(20,21)9-11-2-1-7-22-11/h1-2,7,10,12H,3-6,8-9H2. The van der Waals surface area contributed by atoms with E-state index in [1.807, 2.05) is 0 Å². The molecule has 1 saturated heterocycles. The first-order valence-corrected chi connectivity index (χ1v) is 8.98. The molecule has 1 amide bonds. The van der Waals surface area contributed by atoms with Crippen LogP contribution in [-0.4, -0.2) is 57.8 Å². The number of hydrogen-bond donors (Lipinski definition) is 0. The molecule has 3 rings (SSSR count). The zero-order valence-electron chi connectivity index (χ0n) is 12.4. The molecule has 0 spiro atoms. The highest BCUT2D eigenvalue weighted by Gasteiger charge is 2.32. The molecule has 2 aromatic rings. The number of furan rings is 1. The molecule has 0 atom stereocenters. The lowest BCUT2D eigenvalue weighted by atomic mass is 10.1. The lowest BCUT2D eigenvalue weighted by molar-refractivity contribution is -0.132. The quantitative estimate of drug-likeness (QED) is 0.746. The number of nitrogens with zero attached hydrogens (tertiary/aromatic N) is 5. The number of sulfone groups is 1. The summed E-state index contributed by atoms with van der Waals surface area (Å²) in [4.78, 5) is 13.8. The Balaban J connectivity index is 1.54. The normalized spacial score (nSPS) is 16.6. The van der Waals surface area contributed by atoms with Gasteiger partial charge in [0.25, 0.3) is 0 Å². The van der Waals surface area contributed by atoms with Gasteiger partial charge in [-0.3, -0.25) is 4.79 Å². The van der Waals surface area contributed by atoms with Gasteiger partial charge in [-0.25, -0.2) is 13.1 Å². The first kappa shape index (κ1) is 15.7. The summed E-state index contributed by atoms with van der Waals surface area (Å²) in [7, 11) is -3.27. The fraction of sp³-hybridized carbons (Fsp3) is 0.538. The van der Waals surface area contributed by atoms with E-state index >= 15 is 0 Å². The number of amides is 1. The lowest BCUT2D eigenvalue weighted by Gasteiger charge is -2.31. The van der Waals surface area contributed by atoms with Gasteiger partial charge in [-0.1, -0.05) is 0 Å². The van der Waals surface area contributed by atoms with E-state index in [1.54, 1.807) is 17.0 Å². The van der Waals surface area contributed by atoms with Gasteiger partial charge in [-0.05, 0) is 35.4 Å². The number of carbonyl (C=O) groups is 1. The Morgan fingerprint density at radius 3 is 2.74 bits per heavy atom. The Kier molecular flexibility index (Phi) is 4.42. The fourth-order valence-electron chi connectivity index (χ4n) is 2.67.